The van der Waals surface area contributed by atoms with Crippen LogP contribution in [0.1, 0.15) is 48.7 Å². The first-order valence-electron chi connectivity index (χ1n) is 6.74. The molecule has 0 amide bonds. The molecule has 0 bridgehead atoms. The zero-order valence-electron chi connectivity index (χ0n) is 11.3. The van der Waals surface area contributed by atoms with Crippen molar-refractivity contribution in [2.75, 3.05) is 0 Å². The standard InChI is InChI=1S/C13H19NO4S2/c1-9(10-5-3-2-4-6-10)14-20(17,18)11-7-12(13(15)16)19-8-11/h7-10,14H,2-6H2,1H3,(H,15,16). The van der Waals surface area contributed by atoms with E-state index in [0.717, 1.165) is 37.0 Å². The van der Waals surface area contributed by atoms with Gasteiger partial charge < -0.3 is 5.11 Å². The molecule has 0 radical (unpaired) electrons. The van der Waals surface area contributed by atoms with E-state index in [0.29, 0.717) is 5.92 Å². The molecule has 0 saturated heterocycles. The van der Waals surface area contributed by atoms with Crippen LogP contribution in [-0.4, -0.2) is 25.5 Å². The van der Waals surface area contributed by atoms with Crippen LogP contribution in [0, 0.1) is 5.92 Å². The highest BCUT2D eigenvalue weighted by molar-refractivity contribution is 7.89. The zero-order valence-corrected chi connectivity index (χ0v) is 13.0. The summed E-state index contributed by atoms with van der Waals surface area (Å²) in [6, 6.07) is 1.09. The molecule has 1 aromatic heterocycles. The summed E-state index contributed by atoms with van der Waals surface area (Å²) in [6.45, 7) is 1.89. The van der Waals surface area contributed by atoms with Gasteiger partial charge in [0.05, 0.1) is 4.90 Å². The fourth-order valence-electron chi connectivity index (χ4n) is 2.62. The molecule has 1 aliphatic carbocycles. The predicted molar refractivity (Wildman–Crippen MR) is 77.6 cm³/mol. The Hall–Kier alpha value is -0.920. The lowest BCUT2D eigenvalue weighted by Crippen LogP contribution is -2.38. The van der Waals surface area contributed by atoms with Crippen LogP contribution in [0.3, 0.4) is 0 Å². The molecule has 1 heterocycles. The van der Waals surface area contributed by atoms with Gasteiger partial charge in [-0.25, -0.2) is 17.9 Å². The van der Waals surface area contributed by atoms with E-state index in [4.69, 9.17) is 5.11 Å². The van der Waals surface area contributed by atoms with Crippen LogP contribution in [0.4, 0.5) is 0 Å². The Kier molecular flexibility index (Phi) is 4.82. The first-order valence-corrected chi connectivity index (χ1v) is 9.10. The Balaban J connectivity index is 2.07. The highest BCUT2D eigenvalue weighted by Gasteiger charge is 2.26. The van der Waals surface area contributed by atoms with Gasteiger partial charge in [0.25, 0.3) is 0 Å². The molecule has 1 saturated carbocycles. The summed E-state index contributed by atoms with van der Waals surface area (Å²) < 4.78 is 27.1. The number of hydrogen-bond donors (Lipinski definition) is 2. The maximum Gasteiger partial charge on any atom is 0.345 e. The second-order valence-corrected chi connectivity index (χ2v) is 7.89. The van der Waals surface area contributed by atoms with Crippen LogP contribution >= 0.6 is 11.3 Å². The summed E-state index contributed by atoms with van der Waals surface area (Å²) in [5, 5.41) is 10.2. The van der Waals surface area contributed by atoms with E-state index in [1.165, 1.54) is 17.9 Å². The third-order valence-electron chi connectivity index (χ3n) is 3.79. The van der Waals surface area contributed by atoms with Gasteiger partial charge in [0.2, 0.25) is 10.0 Å². The highest BCUT2D eigenvalue weighted by atomic mass is 32.2. The largest absolute Gasteiger partial charge is 0.477 e. The topological polar surface area (TPSA) is 83.5 Å². The van der Waals surface area contributed by atoms with Crippen molar-refractivity contribution in [3.63, 3.8) is 0 Å². The maximum atomic E-state index is 12.2. The molecule has 5 nitrogen and oxygen atoms in total. The molecule has 112 valence electrons. The van der Waals surface area contributed by atoms with E-state index in [-0.39, 0.29) is 15.8 Å². The Morgan fingerprint density at radius 2 is 2.05 bits per heavy atom. The smallest absolute Gasteiger partial charge is 0.345 e. The number of rotatable bonds is 5. The van der Waals surface area contributed by atoms with E-state index in [1.807, 2.05) is 6.92 Å². The molecule has 20 heavy (non-hydrogen) atoms. The number of thiophene rings is 1. The predicted octanol–water partition coefficient (Wildman–Crippen LogP) is 2.69. The SMILES string of the molecule is CC(NS(=O)(=O)c1csc(C(=O)O)c1)C1CCCCC1. The van der Waals surface area contributed by atoms with Gasteiger partial charge in [-0.2, -0.15) is 0 Å². The van der Waals surface area contributed by atoms with Crippen molar-refractivity contribution in [3.05, 3.63) is 16.3 Å². The van der Waals surface area contributed by atoms with Crippen LogP contribution in [0.5, 0.6) is 0 Å². The first-order chi connectivity index (χ1) is 9.40. The lowest BCUT2D eigenvalue weighted by Gasteiger charge is -2.27. The third kappa shape index (κ3) is 3.59. The maximum absolute atomic E-state index is 12.2. The van der Waals surface area contributed by atoms with Crippen molar-refractivity contribution in [2.45, 2.75) is 50.0 Å². The normalized spacial score (nSPS) is 18.9. The molecule has 1 unspecified atom stereocenters. The van der Waals surface area contributed by atoms with E-state index < -0.39 is 16.0 Å². The van der Waals surface area contributed by atoms with E-state index in [9.17, 15) is 13.2 Å². The average molecular weight is 317 g/mol. The fourth-order valence-corrected chi connectivity index (χ4v) is 5.04. The molecular weight excluding hydrogens is 298 g/mol. The van der Waals surface area contributed by atoms with E-state index in [1.54, 1.807) is 0 Å². The van der Waals surface area contributed by atoms with Gasteiger partial charge >= 0.3 is 5.97 Å². The molecule has 0 aliphatic heterocycles. The molecule has 1 fully saturated rings. The zero-order chi connectivity index (χ0) is 14.8. The van der Waals surface area contributed by atoms with Gasteiger partial charge in [-0.3, -0.25) is 0 Å². The third-order valence-corrected chi connectivity index (χ3v) is 6.40. The van der Waals surface area contributed by atoms with Gasteiger partial charge in [0, 0.05) is 11.4 Å². The van der Waals surface area contributed by atoms with Crippen LogP contribution in [-0.2, 0) is 10.0 Å². The summed E-state index contributed by atoms with van der Waals surface area (Å²) in [5.74, 6) is -0.729. The molecule has 1 aliphatic rings. The van der Waals surface area contributed by atoms with Crippen molar-refractivity contribution in [1.82, 2.24) is 4.72 Å². The number of hydrogen-bond acceptors (Lipinski definition) is 4. The van der Waals surface area contributed by atoms with Gasteiger partial charge in [-0.15, -0.1) is 11.3 Å². The van der Waals surface area contributed by atoms with Crippen molar-refractivity contribution in [3.8, 4) is 0 Å². The van der Waals surface area contributed by atoms with Gasteiger partial charge in [0.1, 0.15) is 4.88 Å². The van der Waals surface area contributed by atoms with Crippen LogP contribution in [0.15, 0.2) is 16.3 Å². The molecule has 1 aromatic rings. The number of carbonyl (C=O) groups is 1. The van der Waals surface area contributed by atoms with E-state index in [2.05, 4.69) is 4.72 Å². The number of aromatic carboxylic acids is 1. The van der Waals surface area contributed by atoms with Crippen LogP contribution in [0.2, 0.25) is 0 Å². The summed E-state index contributed by atoms with van der Waals surface area (Å²) in [6.07, 6.45) is 5.63. The number of carboxylic acids is 1. The molecule has 0 spiro atoms. The van der Waals surface area contributed by atoms with Crippen molar-refractivity contribution in [2.24, 2.45) is 5.92 Å². The molecular formula is C13H19NO4S2. The first kappa shape index (κ1) is 15.5. The second-order valence-electron chi connectivity index (χ2n) is 5.26. The number of sulfonamides is 1. The Bertz CT molecular complexity index is 573. The lowest BCUT2D eigenvalue weighted by molar-refractivity contribution is 0.0702. The molecule has 2 N–H and O–H groups in total. The monoisotopic (exact) mass is 317 g/mol. The highest BCUT2D eigenvalue weighted by Crippen LogP contribution is 2.27. The molecule has 0 aromatic carbocycles. The minimum Gasteiger partial charge on any atom is -0.477 e. The number of carboxylic acid groups (broad SMARTS) is 1. The Labute approximate surface area is 123 Å². The van der Waals surface area contributed by atoms with Gasteiger partial charge in [0.15, 0.2) is 0 Å². The number of nitrogens with one attached hydrogen (secondary N) is 1. The summed E-state index contributed by atoms with van der Waals surface area (Å²) in [5.41, 5.74) is 0. The summed E-state index contributed by atoms with van der Waals surface area (Å²) >= 11 is 0.928. The summed E-state index contributed by atoms with van der Waals surface area (Å²) in [4.78, 5) is 10.9. The van der Waals surface area contributed by atoms with Crippen molar-refractivity contribution >= 4 is 27.3 Å². The second kappa shape index (κ2) is 6.24. The van der Waals surface area contributed by atoms with Gasteiger partial charge in [-0.1, -0.05) is 19.3 Å². The minimum atomic E-state index is -3.62. The van der Waals surface area contributed by atoms with Crippen molar-refractivity contribution < 1.29 is 18.3 Å². The molecule has 7 heteroatoms. The molecule has 2 rings (SSSR count). The molecule has 1 atom stereocenters. The van der Waals surface area contributed by atoms with Crippen LogP contribution < -0.4 is 4.72 Å². The van der Waals surface area contributed by atoms with Crippen LogP contribution in [0.25, 0.3) is 0 Å². The minimum absolute atomic E-state index is 0.0377. The van der Waals surface area contributed by atoms with Crippen molar-refractivity contribution in [1.29, 1.82) is 0 Å². The summed E-state index contributed by atoms with van der Waals surface area (Å²) in [7, 11) is -3.62. The van der Waals surface area contributed by atoms with E-state index >= 15 is 0 Å². The average Bonchev–Trinajstić information content (AvgIpc) is 2.90. The Morgan fingerprint density at radius 3 is 2.60 bits per heavy atom. The Morgan fingerprint density at radius 1 is 1.40 bits per heavy atom. The lowest BCUT2D eigenvalue weighted by atomic mass is 9.85. The van der Waals surface area contributed by atoms with Gasteiger partial charge in [-0.05, 0) is 31.7 Å². The fraction of sp³-hybridized carbons (Fsp3) is 0.615. The quantitative estimate of drug-likeness (QED) is 0.874.